The van der Waals surface area contributed by atoms with Crippen molar-refractivity contribution in [3.05, 3.63) is 16.1 Å². The average molecular weight is 294 g/mol. The summed E-state index contributed by atoms with van der Waals surface area (Å²) in [5, 5.41) is 6.07. The van der Waals surface area contributed by atoms with E-state index in [1.165, 1.54) is 5.69 Å². The topological polar surface area (TPSA) is 48.5 Å². The lowest BCUT2D eigenvalue weighted by atomic mass is 10.0. The van der Waals surface area contributed by atoms with Crippen molar-refractivity contribution in [2.75, 3.05) is 27.2 Å². The van der Waals surface area contributed by atoms with Gasteiger partial charge in [-0.15, -0.1) is 11.3 Å². The molecule has 0 spiro atoms. The average Bonchev–Trinajstić information content (AvgIpc) is 3.07. The van der Waals surface area contributed by atoms with Gasteiger partial charge < -0.3 is 5.32 Å². The summed E-state index contributed by atoms with van der Waals surface area (Å²) in [7, 11) is 3.81. The maximum absolute atomic E-state index is 11.9. The quantitative estimate of drug-likeness (QED) is 0.892. The number of hydrogen-bond donors (Lipinski definition) is 1. The van der Waals surface area contributed by atoms with Crippen LogP contribution < -0.4 is 5.32 Å². The summed E-state index contributed by atoms with van der Waals surface area (Å²) in [6, 6.07) is 0.565. The van der Waals surface area contributed by atoms with Crippen molar-refractivity contribution >= 4 is 17.2 Å². The Hall–Kier alpha value is -0.980. The molecule has 1 N–H and O–H groups in total. The van der Waals surface area contributed by atoms with E-state index in [9.17, 15) is 4.79 Å². The van der Waals surface area contributed by atoms with Crippen LogP contribution in [0.15, 0.2) is 5.38 Å². The molecule has 0 bridgehead atoms. The Morgan fingerprint density at radius 1 is 1.55 bits per heavy atom. The zero-order chi connectivity index (χ0) is 14.3. The lowest BCUT2D eigenvalue weighted by Crippen LogP contribution is -2.44. The second-order valence-electron chi connectivity index (χ2n) is 5.91. The number of hydrogen-bond acceptors (Lipinski definition) is 5. The first-order valence-corrected chi connectivity index (χ1v) is 8.03. The standard InChI is InChI=1S/C14H22N4OS/c1-9-16-11(8-20-9)6-18-5-10-4-12(14(19)15-2)17(3)13(10)7-18/h8,10,12-13H,4-7H2,1-3H3,(H,15,19)/t10-,12-,13+/m0/s1. The van der Waals surface area contributed by atoms with Gasteiger partial charge >= 0.3 is 0 Å². The van der Waals surface area contributed by atoms with Crippen LogP contribution in [0.4, 0.5) is 0 Å². The Labute approximate surface area is 124 Å². The molecular weight excluding hydrogens is 272 g/mol. The summed E-state index contributed by atoms with van der Waals surface area (Å²) < 4.78 is 0. The van der Waals surface area contributed by atoms with E-state index in [4.69, 9.17) is 0 Å². The summed E-state index contributed by atoms with van der Waals surface area (Å²) in [4.78, 5) is 21.1. The number of amides is 1. The molecule has 1 aromatic rings. The molecule has 1 aromatic heterocycles. The molecule has 6 heteroatoms. The van der Waals surface area contributed by atoms with Gasteiger partial charge in [-0.2, -0.15) is 0 Å². The van der Waals surface area contributed by atoms with Gasteiger partial charge in [-0.3, -0.25) is 14.6 Å². The summed E-state index contributed by atoms with van der Waals surface area (Å²) in [5.74, 6) is 0.769. The molecule has 3 heterocycles. The molecule has 20 heavy (non-hydrogen) atoms. The number of thiazole rings is 1. The second kappa shape index (κ2) is 5.42. The Morgan fingerprint density at radius 3 is 2.95 bits per heavy atom. The zero-order valence-corrected chi connectivity index (χ0v) is 13.1. The number of carbonyl (C=O) groups is 1. The Bertz CT molecular complexity index is 503. The zero-order valence-electron chi connectivity index (χ0n) is 12.3. The molecule has 2 fully saturated rings. The van der Waals surface area contributed by atoms with Crippen molar-refractivity contribution in [1.82, 2.24) is 20.1 Å². The summed E-state index contributed by atoms with van der Waals surface area (Å²) in [5.41, 5.74) is 1.18. The summed E-state index contributed by atoms with van der Waals surface area (Å²) in [6.45, 7) is 5.12. The van der Waals surface area contributed by atoms with Crippen LogP contribution >= 0.6 is 11.3 Å². The Morgan fingerprint density at radius 2 is 2.35 bits per heavy atom. The molecule has 0 unspecified atom stereocenters. The van der Waals surface area contributed by atoms with Crippen molar-refractivity contribution in [2.24, 2.45) is 5.92 Å². The number of carbonyl (C=O) groups excluding carboxylic acids is 1. The van der Waals surface area contributed by atoms with E-state index < -0.39 is 0 Å². The van der Waals surface area contributed by atoms with E-state index in [0.29, 0.717) is 12.0 Å². The van der Waals surface area contributed by atoms with Crippen molar-refractivity contribution in [3.8, 4) is 0 Å². The van der Waals surface area contributed by atoms with Crippen LogP contribution in [0.25, 0.3) is 0 Å². The third kappa shape index (κ3) is 2.47. The molecule has 2 saturated heterocycles. The van der Waals surface area contributed by atoms with Crippen molar-refractivity contribution < 1.29 is 4.79 Å². The summed E-state index contributed by atoms with van der Waals surface area (Å²) >= 11 is 1.72. The van der Waals surface area contributed by atoms with Crippen LogP contribution in [0, 0.1) is 12.8 Å². The highest BCUT2D eigenvalue weighted by molar-refractivity contribution is 7.09. The number of nitrogens with one attached hydrogen (secondary N) is 1. The molecule has 2 aliphatic rings. The third-order valence-electron chi connectivity index (χ3n) is 4.62. The largest absolute Gasteiger partial charge is 0.358 e. The molecule has 0 radical (unpaired) electrons. The van der Waals surface area contributed by atoms with Gasteiger partial charge in [-0.25, -0.2) is 4.98 Å². The van der Waals surface area contributed by atoms with Gasteiger partial charge in [0.05, 0.1) is 16.7 Å². The molecule has 110 valence electrons. The highest BCUT2D eigenvalue weighted by atomic mass is 32.1. The first-order chi connectivity index (χ1) is 9.58. The number of fused-ring (bicyclic) bond motifs is 1. The van der Waals surface area contributed by atoms with Gasteiger partial charge in [-0.05, 0) is 26.3 Å². The molecule has 0 aromatic carbocycles. The smallest absolute Gasteiger partial charge is 0.237 e. The summed E-state index contributed by atoms with van der Waals surface area (Å²) in [6.07, 6.45) is 0.980. The lowest BCUT2D eigenvalue weighted by Gasteiger charge is -2.25. The van der Waals surface area contributed by atoms with Gasteiger partial charge in [0.1, 0.15) is 0 Å². The highest BCUT2D eigenvalue weighted by Crippen LogP contribution is 2.35. The number of aryl methyl sites for hydroxylation is 1. The minimum atomic E-state index is 0.0543. The predicted molar refractivity (Wildman–Crippen MR) is 79.6 cm³/mol. The predicted octanol–water partition coefficient (Wildman–Crippen LogP) is 0.702. The molecule has 3 rings (SSSR count). The first kappa shape index (κ1) is 14.0. The van der Waals surface area contributed by atoms with E-state index in [0.717, 1.165) is 31.1 Å². The van der Waals surface area contributed by atoms with Gasteiger partial charge in [0.2, 0.25) is 5.91 Å². The molecule has 1 amide bonds. The first-order valence-electron chi connectivity index (χ1n) is 7.15. The number of rotatable bonds is 3. The van der Waals surface area contributed by atoms with Gasteiger partial charge in [-0.1, -0.05) is 0 Å². The van der Waals surface area contributed by atoms with Gasteiger partial charge in [0.25, 0.3) is 0 Å². The SMILES string of the molecule is CNC(=O)[C@@H]1C[C@H]2CN(Cc3csc(C)n3)C[C@H]2N1C. The van der Waals surface area contributed by atoms with Crippen LogP contribution in [0.5, 0.6) is 0 Å². The third-order valence-corrected chi connectivity index (χ3v) is 5.45. The second-order valence-corrected chi connectivity index (χ2v) is 6.97. The molecule has 3 atom stereocenters. The van der Waals surface area contributed by atoms with Crippen LogP contribution in [0.3, 0.4) is 0 Å². The normalized spacial score (nSPS) is 30.6. The number of aromatic nitrogens is 1. The van der Waals surface area contributed by atoms with E-state index in [2.05, 4.69) is 39.5 Å². The molecule has 0 aliphatic carbocycles. The molecule has 0 saturated carbocycles. The Balaban J connectivity index is 1.61. The maximum Gasteiger partial charge on any atom is 0.237 e. The van der Waals surface area contributed by atoms with E-state index >= 15 is 0 Å². The number of nitrogens with zero attached hydrogens (tertiary/aromatic N) is 3. The fourth-order valence-corrected chi connectivity index (χ4v) is 4.22. The van der Waals surface area contributed by atoms with Crippen LogP contribution in [0.2, 0.25) is 0 Å². The molecular formula is C14H22N4OS. The number of likely N-dealkylation sites (N-methyl/N-ethyl adjacent to an activating group) is 2. The molecule has 2 aliphatic heterocycles. The van der Waals surface area contributed by atoms with Crippen LogP contribution in [-0.2, 0) is 11.3 Å². The number of likely N-dealkylation sites (tertiary alicyclic amines) is 2. The lowest BCUT2D eigenvalue weighted by molar-refractivity contribution is -0.125. The Kier molecular flexibility index (Phi) is 3.79. The maximum atomic E-state index is 11.9. The van der Waals surface area contributed by atoms with Gasteiger partial charge in [0, 0.05) is 38.1 Å². The van der Waals surface area contributed by atoms with E-state index in [-0.39, 0.29) is 11.9 Å². The van der Waals surface area contributed by atoms with Gasteiger partial charge in [0.15, 0.2) is 0 Å². The minimum absolute atomic E-state index is 0.0543. The van der Waals surface area contributed by atoms with E-state index in [1.54, 1.807) is 18.4 Å². The van der Waals surface area contributed by atoms with Crippen LogP contribution in [0.1, 0.15) is 17.1 Å². The monoisotopic (exact) mass is 294 g/mol. The van der Waals surface area contributed by atoms with E-state index in [1.807, 2.05) is 0 Å². The van der Waals surface area contributed by atoms with Crippen molar-refractivity contribution in [3.63, 3.8) is 0 Å². The fraction of sp³-hybridized carbons (Fsp3) is 0.714. The van der Waals surface area contributed by atoms with Crippen molar-refractivity contribution in [2.45, 2.75) is 32.0 Å². The highest BCUT2D eigenvalue weighted by Gasteiger charge is 2.46. The molecule has 5 nitrogen and oxygen atoms in total. The van der Waals surface area contributed by atoms with Crippen molar-refractivity contribution in [1.29, 1.82) is 0 Å². The van der Waals surface area contributed by atoms with Crippen LogP contribution in [-0.4, -0.2) is 60.0 Å². The minimum Gasteiger partial charge on any atom is -0.358 e. The fourth-order valence-electron chi connectivity index (χ4n) is 3.62.